The molecule has 1 aliphatic rings. The van der Waals surface area contributed by atoms with E-state index < -0.39 is 5.97 Å². The minimum atomic E-state index is -1.10. The molecule has 0 amide bonds. The lowest BCUT2D eigenvalue weighted by Gasteiger charge is -2.28. The molecule has 5 nitrogen and oxygen atoms in total. The average Bonchev–Trinajstić information content (AvgIpc) is 2.42. The molecule has 2 rings (SSSR count). The van der Waals surface area contributed by atoms with Crippen molar-refractivity contribution in [3.8, 4) is 0 Å². The van der Waals surface area contributed by atoms with Gasteiger partial charge in [0.1, 0.15) is 5.82 Å². The summed E-state index contributed by atoms with van der Waals surface area (Å²) in [6, 6.07) is 3.28. The third-order valence-electron chi connectivity index (χ3n) is 3.75. The fraction of sp³-hybridized carbons (Fsp3) is 0.571. The SMILES string of the molecule is CN1CCC(CCNc2ccc(Cl)c(C(=O)O)n2)CC1. The normalized spacial score (nSPS) is 17.1. The first-order valence-electron chi connectivity index (χ1n) is 6.88. The second-order valence-electron chi connectivity index (χ2n) is 5.29. The number of hydrogen-bond acceptors (Lipinski definition) is 4. The quantitative estimate of drug-likeness (QED) is 0.874. The van der Waals surface area contributed by atoms with Gasteiger partial charge >= 0.3 is 5.97 Å². The molecule has 1 aromatic rings. The van der Waals surface area contributed by atoms with Crippen molar-refractivity contribution in [2.45, 2.75) is 19.3 Å². The summed E-state index contributed by atoms with van der Waals surface area (Å²) in [5, 5.41) is 12.3. The molecule has 6 heteroatoms. The van der Waals surface area contributed by atoms with Gasteiger partial charge in [0, 0.05) is 6.54 Å². The second-order valence-corrected chi connectivity index (χ2v) is 5.70. The highest BCUT2D eigenvalue weighted by atomic mass is 35.5. The minimum absolute atomic E-state index is 0.101. The molecule has 1 saturated heterocycles. The molecule has 0 spiro atoms. The van der Waals surface area contributed by atoms with E-state index in [1.807, 2.05) is 0 Å². The molecular formula is C14H20ClN3O2. The van der Waals surface area contributed by atoms with Crippen LogP contribution < -0.4 is 5.32 Å². The second kappa shape index (κ2) is 6.90. The molecule has 0 radical (unpaired) electrons. The Morgan fingerprint density at radius 3 is 2.85 bits per heavy atom. The minimum Gasteiger partial charge on any atom is -0.476 e. The summed E-state index contributed by atoms with van der Waals surface area (Å²) in [7, 11) is 2.15. The number of halogens is 1. The molecule has 0 aromatic carbocycles. The molecule has 1 aromatic heterocycles. The van der Waals surface area contributed by atoms with Crippen molar-refractivity contribution >= 4 is 23.4 Å². The van der Waals surface area contributed by atoms with Gasteiger partial charge in [-0.05, 0) is 57.5 Å². The number of nitrogens with zero attached hydrogens (tertiary/aromatic N) is 2. The summed E-state index contributed by atoms with van der Waals surface area (Å²) in [5.74, 6) is 0.207. The lowest BCUT2D eigenvalue weighted by atomic mass is 9.94. The lowest BCUT2D eigenvalue weighted by molar-refractivity contribution is 0.0691. The number of likely N-dealkylation sites (tertiary alicyclic amines) is 1. The van der Waals surface area contributed by atoms with Gasteiger partial charge in [-0.3, -0.25) is 0 Å². The maximum Gasteiger partial charge on any atom is 0.356 e. The molecule has 2 N–H and O–H groups in total. The van der Waals surface area contributed by atoms with E-state index in [1.165, 1.54) is 12.8 Å². The van der Waals surface area contributed by atoms with Crippen molar-refractivity contribution in [1.29, 1.82) is 0 Å². The van der Waals surface area contributed by atoms with Crippen molar-refractivity contribution in [1.82, 2.24) is 9.88 Å². The first-order valence-corrected chi connectivity index (χ1v) is 7.26. The smallest absolute Gasteiger partial charge is 0.356 e. The number of anilines is 1. The fourth-order valence-corrected chi connectivity index (χ4v) is 2.63. The molecule has 20 heavy (non-hydrogen) atoms. The Bertz CT molecular complexity index is 473. The van der Waals surface area contributed by atoms with Gasteiger partial charge in [0.2, 0.25) is 0 Å². The Hall–Kier alpha value is -1.33. The van der Waals surface area contributed by atoms with Crippen LogP contribution >= 0.6 is 11.6 Å². The number of aromatic carboxylic acids is 1. The number of hydrogen-bond donors (Lipinski definition) is 2. The van der Waals surface area contributed by atoms with Crippen molar-refractivity contribution in [3.05, 3.63) is 22.8 Å². The van der Waals surface area contributed by atoms with E-state index in [2.05, 4.69) is 22.2 Å². The third-order valence-corrected chi connectivity index (χ3v) is 4.05. The summed E-state index contributed by atoms with van der Waals surface area (Å²) in [5.41, 5.74) is -0.101. The number of nitrogens with one attached hydrogen (secondary N) is 1. The van der Waals surface area contributed by atoms with Crippen LogP contribution in [0.15, 0.2) is 12.1 Å². The predicted octanol–water partition coefficient (Wildman–Crippen LogP) is 2.58. The van der Waals surface area contributed by atoms with Gasteiger partial charge in [-0.2, -0.15) is 0 Å². The Balaban J connectivity index is 1.82. The number of piperidine rings is 1. The molecule has 1 aliphatic heterocycles. The van der Waals surface area contributed by atoms with E-state index in [4.69, 9.17) is 16.7 Å². The fourth-order valence-electron chi connectivity index (χ4n) is 2.45. The number of carbonyl (C=O) groups is 1. The number of pyridine rings is 1. The highest BCUT2D eigenvalue weighted by Crippen LogP contribution is 2.20. The molecule has 2 heterocycles. The molecular weight excluding hydrogens is 278 g/mol. The number of aromatic nitrogens is 1. The number of carboxylic acids is 1. The van der Waals surface area contributed by atoms with Crippen LogP contribution in [0.3, 0.4) is 0 Å². The zero-order valence-electron chi connectivity index (χ0n) is 11.6. The van der Waals surface area contributed by atoms with Crippen molar-refractivity contribution < 1.29 is 9.90 Å². The van der Waals surface area contributed by atoms with Crippen LogP contribution in [-0.2, 0) is 0 Å². The van der Waals surface area contributed by atoms with E-state index in [0.29, 0.717) is 5.82 Å². The summed E-state index contributed by atoms with van der Waals surface area (Å²) in [6.45, 7) is 3.13. The van der Waals surface area contributed by atoms with Gasteiger partial charge in [-0.15, -0.1) is 0 Å². The van der Waals surface area contributed by atoms with Crippen LogP contribution in [0.4, 0.5) is 5.82 Å². The molecule has 0 aliphatic carbocycles. The predicted molar refractivity (Wildman–Crippen MR) is 79.5 cm³/mol. The van der Waals surface area contributed by atoms with E-state index in [0.717, 1.165) is 32.0 Å². The Morgan fingerprint density at radius 2 is 2.20 bits per heavy atom. The number of carboxylic acid groups (broad SMARTS) is 1. The molecule has 110 valence electrons. The van der Waals surface area contributed by atoms with E-state index in [1.54, 1.807) is 12.1 Å². The van der Waals surface area contributed by atoms with E-state index >= 15 is 0 Å². The standard InChI is InChI=1S/C14H20ClN3O2/c1-18-8-5-10(6-9-18)4-7-16-12-3-2-11(15)13(17-12)14(19)20/h2-3,10H,4-9H2,1H3,(H,16,17)(H,19,20). The van der Waals surface area contributed by atoms with Gasteiger partial charge in [0.05, 0.1) is 5.02 Å². The van der Waals surface area contributed by atoms with Gasteiger partial charge in [-0.25, -0.2) is 9.78 Å². The van der Waals surface area contributed by atoms with Gasteiger partial charge in [-0.1, -0.05) is 11.6 Å². The Kier molecular flexibility index (Phi) is 5.20. The van der Waals surface area contributed by atoms with Crippen LogP contribution in [0.2, 0.25) is 5.02 Å². The number of rotatable bonds is 5. The molecule has 0 atom stereocenters. The Labute approximate surface area is 123 Å². The molecule has 0 bridgehead atoms. The van der Waals surface area contributed by atoms with Crippen molar-refractivity contribution in [3.63, 3.8) is 0 Å². The van der Waals surface area contributed by atoms with E-state index in [9.17, 15) is 4.79 Å². The van der Waals surface area contributed by atoms with Crippen LogP contribution in [0.1, 0.15) is 29.8 Å². The van der Waals surface area contributed by atoms with E-state index in [-0.39, 0.29) is 10.7 Å². The van der Waals surface area contributed by atoms with Crippen LogP contribution in [0, 0.1) is 5.92 Å². The highest BCUT2D eigenvalue weighted by Gasteiger charge is 2.16. The maximum atomic E-state index is 10.9. The highest BCUT2D eigenvalue weighted by molar-refractivity contribution is 6.33. The summed E-state index contributed by atoms with van der Waals surface area (Å²) >= 11 is 5.78. The van der Waals surface area contributed by atoms with Crippen molar-refractivity contribution in [2.24, 2.45) is 5.92 Å². The van der Waals surface area contributed by atoms with Crippen molar-refractivity contribution in [2.75, 3.05) is 32.0 Å². The first-order chi connectivity index (χ1) is 9.56. The third kappa shape index (κ3) is 4.08. The molecule has 0 unspecified atom stereocenters. The summed E-state index contributed by atoms with van der Waals surface area (Å²) in [6.07, 6.45) is 3.54. The van der Waals surface area contributed by atoms with Gasteiger partial charge < -0.3 is 15.3 Å². The summed E-state index contributed by atoms with van der Waals surface area (Å²) in [4.78, 5) is 17.3. The topological polar surface area (TPSA) is 65.5 Å². The zero-order valence-corrected chi connectivity index (χ0v) is 12.4. The molecule has 1 fully saturated rings. The van der Waals surface area contributed by atoms with Crippen LogP contribution in [-0.4, -0.2) is 47.6 Å². The van der Waals surface area contributed by atoms with Gasteiger partial charge in [0.15, 0.2) is 5.69 Å². The first kappa shape index (κ1) is 15.1. The maximum absolute atomic E-state index is 10.9. The summed E-state index contributed by atoms with van der Waals surface area (Å²) < 4.78 is 0. The lowest BCUT2D eigenvalue weighted by Crippen LogP contribution is -2.30. The molecule has 0 saturated carbocycles. The Morgan fingerprint density at radius 1 is 1.50 bits per heavy atom. The largest absolute Gasteiger partial charge is 0.476 e. The average molecular weight is 298 g/mol. The van der Waals surface area contributed by atoms with Crippen LogP contribution in [0.25, 0.3) is 0 Å². The van der Waals surface area contributed by atoms with Gasteiger partial charge in [0.25, 0.3) is 0 Å². The monoisotopic (exact) mass is 297 g/mol. The van der Waals surface area contributed by atoms with Crippen LogP contribution in [0.5, 0.6) is 0 Å². The zero-order chi connectivity index (χ0) is 14.5.